The first kappa shape index (κ1) is 10.4. The van der Waals surface area contributed by atoms with E-state index in [0.29, 0.717) is 0 Å². The maximum Gasteiger partial charge on any atom is 0.356 e. The van der Waals surface area contributed by atoms with Crippen LogP contribution in [0.25, 0.3) is 0 Å². The molecule has 1 atom stereocenters. The zero-order valence-corrected chi connectivity index (χ0v) is 8.84. The van der Waals surface area contributed by atoms with Crippen molar-refractivity contribution in [1.82, 2.24) is 4.90 Å². The Hall–Kier alpha value is -2.10. The molecule has 1 aliphatic rings. The van der Waals surface area contributed by atoms with Crippen LogP contribution in [-0.4, -0.2) is 16.8 Å². The Morgan fingerprint density at radius 2 is 2.00 bits per heavy atom. The minimum absolute atomic E-state index is 0.0846. The van der Waals surface area contributed by atoms with Gasteiger partial charge in [-0.15, -0.1) is 0 Å². The molecule has 1 unspecified atom stereocenters. The summed E-state index contributed by atoms with van der Waals surface area (Å²) in [6.07, 6.45) is -0.682. The van der Waals surface area contributed by atoms with E-state index in [1.54, 1.807) is 12.1 Å². The highest BCUT2D eigenvalue weighted by Crippen LogP contribution is 2.32. The summed E-state index contributed by atoms with van der Waals surface area (Å²) in [5, 5.41) is 0. The summed E-state index contributed by atoms with van der Waals surface area (Å²) in [6, 6.07) is 9.09. The van der Waals surface area contributed by atoms with E-state index in [0.717, 1.165) is 5.56 Å². The molecule has 1 amide bonds. The van der Waals surface area contributed by atoms with Crippen molar-refractivity contribution in [2.24, 2.45) is 0 Å². The van der Waals surface area contributed by atoms with Crippen molar-refractivity contribution in [1.29, 1.82) is 0 Å². The van der Waals surface area contributed by atoms with Gasteiger partial charge in [0.15, 0.2) is 0 Å². The van der Waals surface area contributed by atoms with Gasteiger partial charge in [-0.1, -0.05) is 36.9 Å². The van der Waals surface area contributed by atoms with E-state index in [1.807, 2.05) is 18.2 Å². The van der Waals surface area contributed by atoms with E-state index in [4.69, 9.17) is 4.74 Å². The van der Waals surface area contributed by atoms with Crippen LogP contribution in [0.15, 0.2) is 42.6 Å². The van der Waals surface area contributed by atoms with E-state index >= 15 is 0 Å². The topological polar surface area (TPSA) is 46.6 Å². The average molecular weight is 217 g/mol. The van der Waals surface area contributed by atoms with Gasteiger partial charge in [-0.3, -0.25) is 9.69 Å². The smallest absolute Gasteiger partial charge is 0.356 e. The summed E-state index contributed by atoms with van der Waals surface area (Å²) in [7, 11) is 0. The predicted octanol–water partition coefficient (Wildman–Crippen LogP) is 1.60. The molecule has 0 spiro atoms. The number of ether oxygens (including phenoxy) is 1. The van der Waals surface area contributed by atoms with Crippen LogP contribution in [0.5, 0.6) is 0 Å². The fraction of sp³-hybridized carbons (Fsp3) is 0.167. The van der Waals surface area contributed by atoms with Crippen LogP contribution < -0.4 is 0 Å². The molecule has 1 fully saturated rings. The first-order valence-corrected chi connectivity index (χ1v) is 4.86. The normalized spacial score (nSPS) is 19.8. The Bertz CT molecular complexity index is 453. The van der Waals surface area contributed by atoms with Gasteiger partial charge in [-0.25, -0.2) is 4.79 Å². The summed E-state index contributed by atoms with van der Waals surface area (Å²) >= 11 is 0. The highest BCUT2D eigenvalue weighted by Gasteiger charge is 2.38. The Labute approximate surface area is 93.1 Å². The van der Waals surface area contributed by atoms with Gasteiger partial charge >= 0.3 is 5.97 Å². The highest BCUT2D eigenvalue weighted by molar-refractivity contribution is 5.95. The molecule has 1 heterocycles. The maximum atomic E-state index is 11.4. The van der Waals surface area contributed by atoms with Crippen LogP contribution in [0.3, 0.4) is 0 Å². The fourth-order valence-electron chi connectivity index (χ4n) is 1.65. The Morgan fingerprint density at radius 1 is 1.38 bits per heavy atom. The minimum Gasteiger partial charge on any atom is -0.432 e. The molecular formula is C12H11NO3. The molecule has 1 aliphatic heterocycles. The number of benzene rings is 1. The Balaban J connectivity index is 2.38. The van der Waals surface area contributed by atoms with Crippen molar-refractivity contribution in [3.63, 3.8) is 0 Å². The van der Waals surface area contributed by atoms with Gasteiger partial charge in [-0.05, 0) is 0 Å². The first-order chi connectivity index (χ1) is 7.61. The molecule has 1 aromatic rings. The third-order valence-corrected chi connectivity index (χ3v) is 2.40. The number of carbonyl (C=O) groups excluding carboxylic acids is 2. The maximum absolute atomic E-state index is 11.4. The van der Waals surface area contributed by atoms with Crippen molar-refractivity contribution in [2.45, 2.75) is 13.2 Å². The molecule has 2 rings (SSSR count). The van der Waals surface area contributed by atoms with Crippen molar-refractivity contribution in [3.8, 4) is 0 Å². The van der Waals surface area contributed by atoms with Crippen LogP contribution in [-0.2, 0) is 14.3 Å². The summed E-state index contributed by atoms with van der Waals surface area (Å²) in [6.45, 7) is 4.92. The zero-order valence-electron chi connectivity index (χ0n) is 8.84. The first-order valence-electron chi connectivity index (χ1n) is 4.86. The van der Waals surface area contributed by atoms with E-state index < -0.39 is 12.2 Å². The number of esters is 1. The molecule has 1 aromatic carbocycles. The second kappa shape index (κ2) is 3.81. The Kier molecular flexibility index (Phi) is 2.48. The second-order valence-electron chi connectivity index (χ2n) is 3.50. The van der Waals surface area contributed by atoms with Gasteiger partial charge in [0.2, 0.25) is 12.1 Å². The summed E-state index contributed by atoms with van der Waals surface area (Å²) in [5.41, 5.74) is 0.839. The van der Waals surface area contributed by atoms with Gasteiger partial charge < -0.3 is 4.74 Å². The minimum atomic E-state index is -0.682. The third kappa shape index (κ3) is 1.58. The highest BCUT2D eigenvalue weighted by atomic mass is 16.6. The van der Waals surface area contributed by atoms with Gasteiger partial charge in [0.1, 0.15) is 5.70 Å². The molecule has 4 heteroatoms. The number of carbonyl (C=O) groups is 2. The van der Waals surface area contributed by atoms with Crippen molar-refractivity contribution >= 4 is 11.9 Å². The number of amides is 1. The number of nitrogens with zero attached hydrogens (tertiary/aromatic N) is 1. The quantitative estimate of drug-likeness (QED) is 0.530. The third-order valence-electron chi connectivity index (χ3n) is 2.40. The molecule has 0 saturated carbocycles. The molecule has 0 radical (unpaired) electrons. The van der Waals surface area contributed by atoms with Gasteiger partial charge in [0.05, 0.1) is 0 Å². The predicted molar refractivity (Wildman–Crippen MR) is 56.9 cm³/mol. The standard InChI is InChI=1S/C12H11NO3/c1-8-12(15)16-11(13(8)9(2)14)10-6-4-3-5-7-10/h3-7,11H,1H2,2H3. The number of rotatable bonds is 1. The number of cyclic esters (lactones) is 1. The lowest BCUT2D eigenvalue weighted by molar-refractivity contribution is -0.143. The monoisotopic (exact) mass is 217 g/mol. The molecule has 16 heavy (non-hydrogen) atoms. The molecular weight excluding hydrogens is 206 g/mol. The lowest BCUT2D eigenvalue weighted by atomic mass is 10.2. The van der Waals surface area contributed by atoms with Crippen LogP contribution in [0, 0.1) is 0 Å². The summed E-state index contributed by atoms with van der Waals surface area (Å²) in [5.74, 6) is -0.811. The van der Waals surface area contributed by atoms with Crippen molar-refractivity contribution in [2.75, 3.05) is 0 Å². The molecule has 0 aliphatic carbocycles. The lowest BCUT2D eigenvalue weighted by Gasteiger charge is -2.20. The van der Waals surface area contributed by atoms with Gasteiger partial charge in [0, 0.05) is 12.5 Å². The SMILES string of the molecule is C=C1C(=O)OC(c2ccccc2)N1C(C)=O. The van der Waals surface area contributed by atoms with Crippen LogP contribution in [0.1, 0.15) is 18.7 Å². The molecule has 0 N–H and O–H groups in total. The average Bonchev–Trinajstić information content (AvgIpc) is 2.57. The number of hydrogen-bond donors (Lipinski definition) is 0. The van der Waals surface area contributed by atoms with Crippen LogP contribution in [0.4, 0.5) is 0 Å². The summed E-state index contributed by atoms with van der Waals surface area (Å²) in [4.78, 5) is 24.0. The van der Waals surface area contributed by atoms with Crippen LogP contribution >= 0.6 is 0 Å². The number of hydrogen-bond acceptors (Lipinski definition) is 3. The second-order valence-corrected chi connectivity index (χ2v) is 3.50. The largest absolute Gasteiger partial charge is 0.432 e. The van der Waals surface area contributed by atoms with E-state index in [2.05, 4.69) is 6.58 Å². The molecule has 0 bridgehead atoms. The fourth-order valence-corrected chi connectivity index (χ4v) is 1.65. The molecule has 4 nitrogen and oxygen atoms in total. The van der Waals surface area contributed by atoms with Crippen molar-refractivity contribution in [3.05, 3.63) is 48.2 Å². The van der Waals surface area contributed by atoms with Crippen molar-refractivity contribution < 1.29 is 14.3 Å². The van der Waals surface area contributed by atoms with Gasteiger partial charge in [-0.2, -0.15) is 0 Å². The molecule has 0 aromatic heterocycles. The van der Waals surface area contributed by atoms with Crippen LogP contribution in [0.2, 0.25) is 0 Å². The summed E-state index contributed by atoms with van der Waals surface area (Å²) < 4.78 is 5.10. The van der Waals surface area contributed by atoms with E-state index in [-0.39, 0.29) is 11.6 Å². The molecule has 82 valence electrons. The zero-order chi connectivity index (χ0) is 11.7. The van der Waals surface area contributed by atoms with Gasteiger partial charge in [0.25, 0.3) is 0 Å². The van der Waals surface area contributed by atoms with E-state index in [9.17, 15) is 9.59 Å². The van der Waals surface area contributed by atoms with E-state index in [1.165, 1.54) is 11.8 Å². The molecule has 1 saturated heterocycles. The lowest BCUT2D eigenvalue weighted by Crippen LogP contribution is -2.27. The Morgan fingerprint density at radius 3 is 2.56 bits per heavy atom.